The Labute approximate surface area is 239 Å². The van der Waals surface area contributed by atoms with E-state index < -0.39 is 0 Å². The number of nitrogens with zero attached hydrogens (tertiary/aromatic N) is 2. The molecule has 3 aromatic carbocycles. The SMILES string of the molecule is O=c1c2ccccc2n(CCCCCCBr)c2cc3c(=O)c4ccccc4n(CCCCCCBr)c3cc12. The average molecular weight is 638 g/mol. The van der Waals surface area contributed by atoms with Crippen LogP contribution in [0.4, 0.5) is 0 Å². The zero-order chi connectivity index (χ0) is 26.5. The molecule has 0 unspecified atom stereocenters. The third kappa shape index (κ3) is 5.35. The lowest BCUT2D eigenvalue weighted by atomic mass is 10.0. The lowest BCUT2D eigenvalue weighted by Crippen LogP contribution is -2.16. The second kappa shape index (κ2) is 12.6. The van der Waals surface area contributed by atoms with Crippen LogP contribution >= 0.6 is 31.9 Å². The molecule has 198 valence electrons. The number of hydrogen-bond acceptors (Lipinski definition) is 2. The summed E-state index contributed by atoms with van der Waals surface area (Å²) in [6.45, 7) is 1.64. The van der Waals surface area contributed by atoms with Crippen molar-refractivity contribution >= 4 is 75.5 Å². The highest BCUT2D eigenvalue weighted by atomic mass is 79.9. The Morgan fingerprint density at radius 2 is 0.868 bits per heavy atom. The fraction of sp³-hybridized carbons (Fsp3) is 0.375. The monoisotopic (exact) mass is 636 g/mol. The van der Waals surface area contributed by atoms with Crippen molar-refractivity contribution in [2.45, 2.75) is 64.5 Å². The van der Waals surface area contributed by atoms with Gasteiger partial charge in [0.25, 0.3) is 0 Å². The normalized spacial score (nSPS) is 11.8. The molecule has 0 radical (unpaired) electrons. The lowest BCUT2D eigenvalue weighted by Gasteiger charge is -2.19. The standard InChI is InChI=1S/C32H34Br2N2O2/c33-17-9-1-3-11-19-35-27-15-7-5-13-23(27)31(37)25-22-30-26(21-29(25)35)32(38)24-14-6-8-16-28(24)36(30)20-12-4-2-10-18-34/h5-8,13-16,21-22H,1-4,9-12,17-20H2. The van der Waals surface area contributed by atoms with Crippen LogP contribution in [0.3, 0.4) is 0 Å². The summed E-state index contributed by atoms with van der Waals surface area (Å²) in [5, 5.41) is 4.92. The summed E-state index contributed by atoms with van der Waals surface area (Å²) in [6, 6.07) is 19.8. The number of rotatable bonds is 12. The Kier molecular flexibility index (Phi) is 9.01. The summed E-state index contributed by atoms with van der Waals surface area (Å²) in [6.07, 6.45) is 9.01. The number of aryl methyl sites for hydroxylation is 2. The molecular weight excluding hydrogens is 604 g/mol. The van der Waals surface area contributed by atoms with Crippen LogP contribution in [0.2, 0.25) is 0 Å². The van der Waals surface area contributed by atoms with Crippen LogP contribution in [0, 0.1) is 0 Å². The first-order valence-electron chi connectivity index (χ1n) is 13.8. The van der Waals surface area contributed by atoms with E-state index in [4.69, 9.17) is 0 Å². The Morgan fingerprint density at radius 1 is 0.474 bits per heavy atom. The molecule has 0 aliphatic rings. The first-order valence-corrected chi connectivity index (χ1v) is 16.0. The quantitative estimate of drug-likeness (QED) is 0.0782. The molecule has 5 aromatic rings. The molecular formula is C32H34Br2N2O2. The lowest BCUT2D eigenvalue weighted by molar-refractivity contribution is 0.602. The number of benzene rings is 3. The van der Waals surface area contributed by atoms with Gasteiger partial charge in [0.1, 0.15) is 0 Å². The van der Waals surface area contributed by atoms with E-state index in [0.717, 1.165) is 82.3 Å². The van der Waals surface area contributed by atoms with Crippen LogP contribution < -0.4 is 10.9 Å². The first kappa shape index (κ1) is 27.1. The van der Waals surface area contributed by atoms with Crippen molar-refractivity contribution in [1.29, 1.82) is 0 Å². The van der Waals surface area contributed by atoms with Gasteiger partial charge in [-0.3, -0.25) is 9.59 Å². The van der Waals surface area contributed by atoms with E-state index in [-0.39, 0.29) is 10.9 Å². The van der Waals surface area contributed by atoms with Crippen molar-refractivity contribution in [3.05, 3.63) is 81.1 Å². The Balaban J connectivity index is 1.73. The molecule has 0 aliphatic heterocycles. The summed E-state index contributed by atoms with van der Waals surface area (Å²) in [5.41, 5.74) is 3.68. The Hall–Kier alpha value is -2.44. The molecule has 2 heterocycles. The van der Waals surface area contributed by atoms with Crippen LogP contribution in [0.25, 0.3) is 43.6 Å². The van der Waals surface area contributed by atoms with Gasteiger partial charge in [0, 0.05) is 45.3 Å². The van der Waals surface area contributed by atoms with Crippen molar-refractivity contribution in [3.8, 4) is 0 Å². The molecule has 5 rings (SSSR count). The van der Waals surface area contributed by atoms with Crippen molar-refractivity contribution in [2.75, 3.05) is 10.7 Å². The van der Waals surface area contributed by atoms with E-state index in [2.05, 4.69) is 41.0 Å². The summed E-state index contributed by atoms with van der Waals surface area (Å²) >= 11 is 7.05. The highest BCUT2D eigenvalue weighted by molar-refractivity contribution is 9.09. The molecule has 2 aromatic heterocycles. The predicted molar refractivity (Wildman–Crippen MR) is 170 cm³/mol. The van der Waals surface area contributed by atoms with Gasteiger partial charge in [0.05, 0.1) is 22.1 Å². The predicted octanol–water partition coefficient (Wildman–Crippen LogP) is 8.53. The molecule has 0 spiro atoms. The molecule has 4 nitrogen and oxygen atoms in total. The largest absolute Gasteiger partial charge is 0.340 e. The fourth-order valence-corrected chi connectivity index (χ4v) is 6.45. The van der Waals surface area contributed by atoms with E-state index in [0.29, 0.717) is 10.8 Å². The van der Waals surface area contributed by atoms with Crippen LogP contribution in [0.15, 0.2) is 70.3 Å². The minimum Gasteiger partial charge on any atom is -0.340 e. The van der Waals surface area contributed by atoms with Gasteiger partial charge in [0.15, 0.2) is 10.9 Å². The molecule has 38 heavy (non-hydrogen) atoms. The van der Waals surface area contributed by atoms with Crippen molar-refractivity contribution in [2.24, 2.45) is 0 Å². The molecule has 6 heteroatoms. The van der Waals surface area contributed by atoms with E-state index in [1.807, 2.05) is 60.7 Å². The summed E-state index contributed by atoms with van der Waals surface area (Å²) in [4.78, 5) is 27.6. The number of hydrogen-bond donors (Lipinski definition) is 0. The number of aromatic nitrogens is 2. The van der Waals surface area contributed by atoms with Gasteiger partial charge >= 0.3 is 0 Å². The van der Waals surface area contributed by atoms with Crippen molar-refractivity contribution < 1.29 is 0 Å². The number of unbranched alkanes of at least 4 members (excludes halogenated alkanes) is 6. The maximum absolute atomic E-state index is 13.8. The minimum absolute atomic E-state index is 0.0394. The fourth-order valence-electron chi connectivity index (χ4n) is 5.66. The van der Waals surface area contributed by atoms with E-state index in [9.17, 15) is 9.59 Å². The number of halogens is 2. The molecule has 0 saturated carbocycles. The van der Waals surface area contributed by atoms with Gasteiger partial charge in [-0.25, -0.2) is 0 Å². The van der Waals surface area contributed by atoms with Gasteiger partial charge in [-0.2, -0.15) is 0 Å². The van der Waals surface area contributed by atoms with E-state index in [1.165, 1.54) is 25.7 Å². The highest BCUT2D eigenvalue weighted by Gasteiger charge is 2.16. The van der Waals surface area contributed by atoms with E-state index in [1.54, 1.807) is 0 Å². The van der Waals surface area contributed by atoms with Crippen LogP contribution in [0.1, 0.15) is 51.4 Å². The summed E-state index contributed by atoms with van der Waals surface area (Å²) < 4.78 is 4.53. The molecule has 0 saturated heterocycles. The zero-order valence-corrected chi connectivity index (χ0v) is 24.9. The molecule has 0 aliphatic carbocycles. The number of pyridine rings is 2. The average Bonchev–Trinajstić information content (AvgIpc) is 2.95. The Morgan fingerprint density at radius 3 is 1.29 bits per heavy atom. The maximum atomic E-state index is 13.8. The van der Waals surface area contributed by atoms with Crippen molar-refractivity contribution in [1.82, 2.24) is 9.13 Å². The van der Waals surface area contributed by atoms with Crippen molar-refractivity contribution in [3.63, 3.8) is 0 Å². The molecule has 0 bridgehead atoms. The van der Waals surface area contributed by atoms with Gasteiger partial charge < -0.3 is 9.13 Å². The van der Waals surface area contributed by atoms with Crippen LogP contribution in [-0.2, 0) is 13.1 Å². The third-order valence-electron chi connectivity index (χ3n) is 7.59. The van der Waals surface area contributed by atoms with E-state index >= 15 is 0 Å². The van der Waals surface area contributed by atoms with Gasteiger partial charge in [-0.15, -0.1) is 0 Å². The third-order valence-corrected chi connectivity index (χ3v) is 8.72. The molecule has 0 amide bonds. The molecule has 0 atom stereocenters. The molecule has 0 fully saturated rings. The second-order valence-corrected chi connectivity index (χ2v) is 11.7. The van der Waals surface area contributed by atoms with Gasteiger partial charge in [-0.1, -0.05) is 81.8 Å². The zero-order valence-electron chi connectivity index (χ0n) is 21.7. The second-order valence-electron chi connectivity index (χ2n) is 10.1. The summed E-state index contributed by atoms with van der Waals surface area (Å²) in [5.74, 6) is 0. The van der Waals surface area contributed by atoms with Gasteiger partial charge in [0.2, 0.25) is 0 Å². The highest BCUT2D eigenvalue weighted by Crippen LogP contribution is 2.27. The topological polar surface area (TPSA) is 44.0 Å². The first-order chi connectivity index (χ1) is 18.7. The maximum Gasteiger partial charge on any atom is 0.197 e. The minimum atomic E-state index is 0.0394. The summed E-state index contributed by atoms with van der Waals surface area (Å²) in [7, 11) is 0. The van der Waals surface area contributed by atoms with Crippen LogP contribution in [0.5, 0.6) is 0 Å². The Bertz CT molecular complexity index is 1580. The van der Waals surface area contributed by atoms with Crippen LogP contribution in [-0.4, -0.2) is 19.8 Å². The van der Waals surface area contributed by atoms with Gasteiger partial charge in [-0.05, 0) is 62.1 Å². The number of alkyl halides is 2. The smallest absolute Gasteiger partial charge is 0.197 e. The molecule has 0 N–H and O–H groups in total. The number of fused-ring (bicyclic) bond motifs is 4. The number of para-hydroxylation sites is 2.